The van der Waals surface area contributed by atoms with Gasteiger partial charge in [-0.2, -0.15) is 8.75 Å². The summed E-state index contributed by atoms with van der Waals surface area (Å²) in [5.41, 5.74) is 7.11. The van der Waals surface area contributed by atoms with Crippen LogP contribution in [0.1, 0.15) is 0 Å². The third-order valence-electron chi connectivity index (χ3n) is 5.06. The number of hydrogen-bond acceptors (Lipinski definition) is 5. The molecule has 1 aromatic heterocycles. The van der Waals surface area contributed by atoms with Gasteiger partial charge in [-0.1, -0.05) is 48.5 Å². The molecular formula is C25H19N3OS. The van der Waals surface area contributed by atoms with Crippen molar-refractivity contribution in [2.45, 2.75) is 0 Å². The van der Waals surface area contributed by atoms with Crippen molar-refractivity contribution in [1.29, 1.82) is 0 Å². The van der Waals surface area contributed by atoms with Gasteiger partial charge in [-0.3, -0.25) is 0 Å². The molecule has 0 amide bonds. The van der Waals surface area contributed by atoms with Gasteiger partial charge >= 0.3 is 0 Å². The molecule has 0 saturated heterocycles. The van der Waals surface area contributed by atoms with Gasteiger partial charge in [-0.15, -0.1) is 0 Å². The number of methoxy groups -OCH3 is 1. The lowest BCUT2D eigenvalue weighted by Gasteiger charge is -2.25. The van der Waals surface area contributed by atoms with Gasteiger partial charge in [0.25, 0.3) is 0 Å². The van der Waals surface area contributed by atoms with Gasteiger partial charge in [0.05, 0.1) is 24.5 Å². The zero-order valence-corrected chi connectivity index (χ0v) is 17.2. The van der Waals surface area contributed by atoms with Crippen LogP contribution in [-0.4, -0.2) is 15.9 Å². The summed E-state index contributed by atoms with van der Waals surface area (Å²) in [5.74, 6) is 0.836. The van der Waals surface area contributed by atoms with Gasteiger partial charge in [0, 0.05) is 16.9 Å². The fraction of sp³-hybridized carbons (Fsp3) is 0.0400. The molecule has 146 valence electrons. The largest absolute Gasteiger partial charge is 0.497 e. The second-order valence-electron chi connectivity index (χ2n) is 6.83. The van der Waals surface area contributed by atoms with E-state index in [0.29, 0.717) is 0 Å². The number of para-hydroxylation sites is 2. The van der Waals surface area contributed by atoms with Crippen molar-refractivity contribution >= 4 is 39.8 Å². The molecule has 0 radical (unpaired) electrons. The van der Waals surface area contributed by atoms with Gasteiger partial charge in [-0.25, -0.2) is 0 Å². The number of anilines is 3. The molecule has 5 aromatic rings. The number of nitrogens with zero attached hydrogens (tertiary/aromatic N) is 3. The van der Waals surface area contributed by atoms with Gasteiger partial charge in [0.15, 0.2) is 0 Å². The number of rotatable bonds is 5. The number of fused-ring (bicyclic) bond motifs is 1. The van der Waals surface area contributed by atoms with Crippen LogP contribution in [0.3, 0.4) is 0 Å². The molecule has 4 nitrogen and oxygen atoms in total. The van der Waals surface area contributed by atoms with Crippen LogP contribution in [-0.2, 0) is 0 Å². The van der Waals surface area contributed by atoms with Crippen LogP contribution in [0.4, 0.5) is 17.1 Å². The van der Waals surface area contributed by atoms with Gasteiger partial charge < -0.3 is 9.64 Å². The molecule has 0 saturated carbocycles. The summed E-state index contributed by atoms with van der Waals surface area (Å²) in [6, 6.07) is 33.0. The van der Waals surface area contributed by atoms with Gasteiger partial charge in [-0.05, 0) is 54.1 Å². The molecule has 0 unspecified atom stereocenters. The molecule has 0 atom stereocenters. The molecule has 0 spiro atoms. The molecule has 5 rings (SSSR count). The lowest BCUT2D eigenvalue weighted by Crippen LogP contribution is -2.10. The normalized spacial score (nSPS) is 10.8. The SMILES string of the molecule is COc1ccc(-c2ccc(N(c3ccccc3)c3ccccc3)c3nsnc23)cc1. The Balaban J connectivity index is 1.69. The predicted octanol–water partition coefficient (Wildman–Crippen LogP) is 6.84. The van der Waals surface area contributed by atoms with E-state index in [9.17, 15) is 0 Å². The Kier molecular flexibility index (Phi) is 4.87. The van der Waals surface area contributed by atoms with Crippen molar-refractivity contribution in [3.63, 3.8) is 0 Å². The van der Waals surface area contributed by atoms with Crippen LogP contribution in [0.15, 0.2) is 97.1 Å². The minimum atomic E-state index is 0.836. The second kappa shape index (κ2) is 7.97. The fourth-order valence-corrected chi connectivity index (χ4v) is 4.19. The molecule has 0 N–H and O–H groups in total. The third-order valence-corrected chi connectivity index (χ3v) is 5.59. The van der Waals surface area contributed by atoms with Crippen LogP contribution in [0.2, 0.25) is 0 Å². The minimum absolute atomic E-state index is 0.836. The van der Waals surface area contributed by atoms with Crippen LogP contribution in [0.5, 0.6) is 5.75 Å². The first-order chi connectivity index (χ1) is 14.8. The first kappa shape index (κ1) is 18.3. The first-order valence-electron chi connectivity index (χ1n) is 9.65. The summed E-state index contributed by atoms with van der Waals surface area (Å²) in [5, 5.41) is 0. The maximum Gasteiger partial charge on any atom is 0.129 e. The van der Waals surface area contributed by atoms with Gasteiger partial charge in [0.1, 0.15) is 16.8 Å². The van der Waals surface area contributed by atoms with Crippen LogP contribution < -0.4 is 9.64 Å². The molecule has 5 heteroatoms. The molecule has 0 aliphatic heterocycles. The lowest BCUT2D eigenvalue weighted by atomic mass is 10.0. The lowest BCUT2D eigenvalue weighted by molar-refractivity contribution is 0.415. The van der Waals surface area contributed by atoms with Crippen molar-refractivity contribution in [1.82, 2.24) is 8.75 Å². The molecule has 4 aromatic carbocycles. The van der Waals surface area contributed by atoms with Crippen LogP contribution in [0.25, 0.3) is 22.2 Å². The van der Waals surface area contributed by atoms with Crippen molar-refractivity contribution in [2.75, 3.05) is 12.0 Å². The van der Waals surface area contributed by atoms with Crippen molar-refractivity contribution in [2.24, 2.45) is 0 Å². The average Bonchev–Trinajstić information content (AvgIpc) is 3.31. The fourth-order valence-electron chi connectivity index (χ4n) is 3.62. The molecule has 0 aliphatic rings. The van der Waals surface area contributed by atoms with E-state index in [0.717, 1.165) is 45.0 Å². The standard InChI is InChI=1S/C25H19N3OS/c1-29-21-14-12-18(13-15-21)22-16-17-23(25-24(22)26-30-27-25)28(19-8-4-2-5-9-19)20-10-6-3-7-11-20/h2-17H,1H3. The Morgan fingerprint density at radius 2 is 1.27 bits per heavy atom. The average molecular weight is 410 g/mol. The highest BCUT2D eigenvalue weighted by Crippen LogP contribution is 2.40. The zero-order valence-electron chi connectivity index (χ0n) is 16.4. The molecule has 1 heterocycles. The van der Waals surface area contributed by atoms with E-state index >= 15 is 0 Å². The zero-order chi connectivity index (χ0) is 20.3. The summed E-state index contributed by atoms with van der Waals surface area (Å²) in [7, 11) is 1.67. The van der Waals surface area contributed by atoms with E-state index in [1.54, 1.807) is 7.11 Å². The first-order valence-corrected chi connectivity index (χ1v) is 10.4. The monoisotopic (exact) mass is 409 g/mol. The Morgan fingerprint density at radius 1 is 0.667 bits per heavy atom. The smallest absolute Gasteiger partial charge is 0.129 e. The van der Waals surface area contributed by atoms with Crippen molar-refractivity contribution < 1.29 is 4.74 Å². The van der Waals surface area contributed by atoms with Crippen LogP contribution in [0, 0.1) is 0 Å². The van der Waals surface area contributed by atoms with E-state index < -0.39 is 0 Å². The van der Waals surface area contributed by atoms with E-state index in [1.165, 1.54) is 11.7 Å². The summed E-state index contributed by atoms with van der Waals surface area (Å²) >= 11 is 1.24. The molecule has 0 aliphatic carbocycles. The van der Waals surface area contributed by atoms with E-state index in [-0.39, 0.29) is 0 Å². The quantitative estimate of drug-likeness (QED) is 0.319. The number of hydrogen-bond donors (Lipinski definition) is 0. The summed E-state index contributed by atoms with van der Waals surface area (Å²) in [6.45, 7) is 0. The van der Waals surface area contributed by atoms with Crippen molar-refractivity contribution in [3.05, 3.63) is 97.1 Å². The summed E-state index contributed by atoms with van der Waals surface area (Å²) < 4.78 is 14.6. The highest BCUT2D eigenvalue weighted by Gasteiger charge is 2.19. The molecular weight excluding hydrogens is 390 g/mol. The summed E-state index contributed by atoms with van der Waals surface area (Å²) in [4.78, 5) is 2.22. The van der Waals surface area contributed by atoms with E-state index in [4.69, 9.17) is 4.74 Å². The predicted molar refractivity (Wildman–Crippen MR) is 124 cm³/mol. The maximum atomic E-state index is 5.29. The van der Waals surface area contributed by atoms with Crippen LogP contribution >= 0.6 is 11.7 Å². The van der Waals surface area contributed by atoms with E-state index in [2.05, 4.69) is 62.2 Å². The number of benzene rings is 4. The number of aromatic nitrogens is 2. The third kappa shape index (κ3) is 3.29. The van der Waals surface area contributed by atoms with E-state index in [1.807, 2.05) is 48.5 Å². The van der Waals surface area contributed by atoms with Gasteiger partial charge in [0.2, 0.25) is 0 Å². The molecule has 0 fully saturated rings. The molecule has 30 heavy (non-hydrogen) atoms. The summed E-state index contributed by atoms with van der Waals surface area (Å²) in [6.07, 6.45) is 0. The Morgan fingerprint density at radius 3 is 1.87 bits per heavy atom. The highest BCUT2D eigenvalue weighted by atomic mass is 32.1. The highest BCUT2D eigenvalue weighted by molar-refractivity contribution is 7.00. The topological polar surface area (TPSA) is 38.2 Å². The number of ether oxygens (including phenoxy) is 1. The Bertz CT molecular complexity index is 1230. The maximum absolute atomic E-state index is 5.29. The molecule has 0 bridgehead atoms. The minimum Gasteiger partial charge on any atom is -0.497 e. The second-order valence-corrected chi connectivity index (χ2v) is 7.36. The Hall–Kier alpha value is -3.70. The Labute approximate surface area is 179 Å². The van der Waals surface area contributed by atoms with Crippen molar-refractivity contribution in [3.8, 4) is 16.9 Å².